The van der Waals surface area contributed by atoms with Crippen molar-refractivity contribution < 1.29 is 22.8 Å². The lowest BCUT2D eigenvalue weighted by molar-refractivity contribution is -0.139. The molecule has 0 atom stereocenters. The van der Waals surface area contributed by atoms with E-state index in [0.717, 1.165) is 7.05 Å². The van der Waals surface area contributed by atoms with Gasteiger partial charge in [-0.25, -0.2) is 4.79 Å². The van der Waals surface area contributed by atoms with Crippen LogP contribution in [0.5, 0.6) is 0 Å². The van der Waals surface area contributed by atoms with E-state index in [0.29, 0.717) is 9.80 Å². The summed E-state index contributed by atoms with van der Waals surface area (Å²) >= 11 is 0. The van der Waals surface area contributed by atoms with Gasteiger partial charge in [0.15, 0.2) is 0 Å². The first-order chi connectivity index (χ1) is 5.81. The molecule has 74 valence electrons. The van der Waals surface area contributed by atoms with Crippen LogP contribution in [-0.4, -0.2) is 48.1 Å². The highest BCUT2D eigenvalue weighted by Gasteiger charge is 2.40. The third kappa shape index (κ3) is 2.10. The Hall–Kier alpha value is -1.27. The topological polar surface area (TPSA) is 40.6 Å². The number of rotatable bonds is 1. The molecule has 0 aliphatic carbocycles. The summed E-state index contributed by atoms with van der Waals surface area (Å²) in [7, 11) is 1.15. The van der Waals surface area contributed by atoms with E-state index in [1.807, 2.05) is 0 Å². The number of imide groups is 1. The molecule has 7 heteroatoms. The second-order valence-electron chi connectivity index (χ2n) is 2.71. The third-order valence-electron chi connectivity index (χ3n) is 1.63. The summed E-state index contributed by atoms with van der Waals surface area (Å²) in [5.41, 5.74) is 0. The molecule has 0 N–H and O–H groups in total. The van der Waals surface area contributed by atoms with E-state index in [4.69, 9.17) is 0 Å². The highest BCUT2D eigenvalue weighted by molar-refractivity contribution is 6.01. The summed E-state index contributed by atoms with van der Waals surface area (Å²) in [6, 6.07) is -0.901. The van der Waals surface area contributed by atoms with Crippen LogP contribution in [0.3, 0.4) is 0 Å². The molecule has 1 aliphatic rings. The summed E-state index contributed by atoms with van der Waals surface area (Å²) in [4.78, 5) is 22.8. The molecule has 1 saturated heterocycles. The summed E-state index contributed by atoms with van der Waals surface area (Å²) in [5, 5.41) is 0. The summed E-state index contributed by atoms with van der Waals surface area (Å²) in [5.74, 6) is -0.616. The van der Waals surface area contributed by atoms with Crippen LogP contribution in [0.2, 0.25) is 0 Å². The van der Waals surface area contributed by atoms with Gasteiger partial charge in [-0.2, -0.15) is 13.2 Å². The first-order valence-electron chi connectivity index (χ1n) is 3.43. The molecule has 4 nitrogen and oxygen atoms in total. The van der Waals surface area contributed by atoms with E-state index in [-0.39, 0.29) is 0 Å². The fourth-order valence-corrected chi connectivity index (χ4v) is 0.996. The normalized spacial score (nSPS) is 18.8. The van der Waals surface area contributed by atoms with Crippen LogP contribution >= 0.6 is 0 Å². The Morgan fingerprint density at radius 1 is 1.38 bits per heavy atom. The second kappa shape index (κ2) is 2.90. The van der Waals surface area contributed by atoms with E-state index < -0.39 is 31.2 Å². The van der Waals surface area contributed by atoms with Gasteiger partial charge < -0.3 is 4.90 Å². The molecule has 1 heterocycles. The molecule has 3 amide bonds. The van der Waals surface area contributed by atoms with Crippen molar-refractivity contribution in [3.8, 4) is 0 Å². The van der Waals surface area contributed by atoms with Gasteiger partial charge in [0.05, 0.1) is 0 Å². The first kappa shape index (κ1) is 9.82. The second-order valence-corrected chi connectivity index (χ2v) is 2.71. The lowest BCUT2D eigenvalue weighted by Crippen LogP contribution is -2.37. The van der Waals surface area contributed by atoms with E-state index in [2.05, 4.69) is 0 Å². The molecular weight excluding hydrogens is 189 g/mol. The number of carbonyl (C=O) groups excluding carboxylic acids is 2. The molecule has 0 aromatic carbocycles. The minimum absolute atomic E-state index is 0.461. The lowest BCUT2D eigenvalue weighted by Gasteiger charge is -2.16. The summed E-state index contributed by atoms with van der Waals surface area (Å²) in [6.07, 6.45) is -4.46. The summed E-state index contributed by atoms with van der Waals surface area (Å²) < 4.78 is 35.4. The Balaban J connectivity index is 2.65. The molecule has 0 aromatic rings. The van der Waals surface area contributed by atoms with Gasteiger partial charge in [-0.3, -0.25) is 9.69 Å². The van der Waals surface area contributed by atoms with Crippen molar-refractivity contribution in [2.24, 2.45) is 0 Å². The van der Waals surface area contributed by atoms with Gasteiger partial charge in [0.25, 0.3) is 0 Å². The Bertz CT molecular complexity index is 251. The molecule has 0 saturated carbocycles. The van der Waals surface area contributed by atoms with Crippen molar-refractivity contribution >= 4 is 11.9 Å². The third-order valence-corrected chi connectivity index (χ3v) is 1.63. The standard InChI is InChI=1S/C6H7F3N2O2/c1-10-4(12)2-11(5(10)13)3-6(7,8)9/h2-3H2,1H3. The zero-order valence-corrected chi connectivity index (χ0v) is 6.76. The maximum Gasteiger partial charge on any atom is 0.406 e. The fraction of sp³-hybridized carbons (Fsp3) is 0.667. The predicted octanol–water partition coefficient (Wildman–Crippen LogP) is 0.443. The van der Waals surface area contributed by atoms with Gasteiger partial charge >= 0.3 is 12.2 Å². The smallest absolute Gasteiger partial charge is 0.306 e. The van der Waals surface area contributed by atoms with Crippen molar-refractivity contribution in [2.75, 3.05) is 20.1 Å². The molecule has 1 aliphatic heterocycles. The molecule has 1 fully saturated rings. The SMILES string of the molecule is CN1C(=O)CN(CC(F)(F)F)C1=O. The average Bonchev–Trinajstić information content (AvgIpc) is 2.15. The number of carbonyl (C=O) groups is 2. The van der Waals surface area contributed by atoms with Crippen molar-refractivity contribution in [3.05, 3.63) is 0 Å². The Kier molecular flexibility index (Phi) is 2.19. The monoisotopic (exact) mass is 196 g/mol. The van der Waals surface area contributed by atoms with Gasteiger partial charge in [0.1, 0.15) is 13.1 Å². The highest BCUT2D eigenvalue weighted by atomic mass is 19.4. The molecule has 0 bridgehead atoms. The van der Waals surface area contributed by atoms with Crippen LogP contribution in [0.4, 0.5) is 18.0 Å². The molecule has 0 spiro atoms. The number of nitrogens with zero attached hydrogens (tertiary/aromatic N) is 2. The molecule has 1 rings (SSSR count). The molecule has 13 heavy (non-hydrogen) atoms. The van der Waals surface area contributed by atoms with Gasteiger partial charge in [-0.1, -0.05) is 0 Å². The van der Waals surface area contributed by atoms with Crippen LogP contribution in [0.1, 0.15) is 0 Å². The van der Waals surface area contributed by atoms with E-state index in [1.54, 1.807) is 0 Å². The zero-order valence-electron chi connectivity index (χ0n) is 6.76. The van der Waals surface area contributed by atoms with E-state index in [9.17, 15) is 22.8 Å². The number of halogens is 3. The Labute approximate surface area is 71.9 Å². The van der Waals surface area contributed by atoms with Crippen molar-refractivity contribution in [1.29, 1.82) is 0 Å². The molecule has 0 aromatic heterocycles. The Morgan fingerprint density at radius 2 is 1.92 bits per heavy atom. The van der Waals surface area contributed by atoms with E-state index >= 15 is 0 Å². The van der Waals surface area contributed by atoms with E-state index in [1.165, 1.54) is 0 Å². The van der Waals surface area contributed by atoms with Crippen molar-refractivity contribution in [2.45, 2.75) is 6.18 Å². The number of hydrogen-bond donors (Lipinski definition) is 0. The van der Waals surface area contributed by atoms with Gasteiger partial charge in [0.2, 0.25) is 5.91 Å². The molecular formula is C6H7F3N2O2. The number of hydrogen-bond acceptors (Lipinski definition) is 2. The number of amides is 3. The lowest BCUT2D eigenvalue weighted by atomic mass is 10.5. The number of urea groups is 1. The number of alkyl halides is 3. The maximum atomic E-state index is 11.8. The minimum atomic E-state index is -4.46. The quantitative estimate of drug-likeness (QED) is 0.571. The fourth-order valence-electron chi connectivity index (χ4n) is 0.996. The van der Waals surface area contributed by atoms with Crippen molar-refractivity contribution in [1.82, 2.24) is 9.80 Å². The van der Waals surface area contributed by atoms with Crippen LogP contribution in [0, 0.1) is 0 Å². The average molecular weight is 196 g/mol. The van der Waals surface area contributed by atoms with Crippen LogP contribution in [0.15, 0.2) is 0 Å². The zero-order chi connectivity index (χ0) is 10.2. The van der Waals surface area contributed by atoms with Crippen molar-refractivity contribution in [3.63, 3.8) is 0 Å². The molecule has 0 radical (unpaired) electrons. The first-order valence-corrected chi connectivity index (χ1v) is 3.43. The van der Waals surface area contributed by atoms with Crippen LogP contribution < -0.4 is 0 Å². The van der Waals surface area contributed by atoms with Gasteiger partial charge in [-0.05, 0) is 0 Å². The molecule has 0 unspecified atom stereocenters. The number of likely N-dealkylation sites (N-methyl/N-ethyl adjacent to an activating group) is 1. The predicted molar refractivity (Wildman–Crippen MR) is 35.8 cm³/mol. The Morgan fingerprint density at radius 3 is 2.23 bits per heavy atom. The van der Waals surface area contributed by atoms with Gasteiger partial charge in [-0.15, -0.1) is 0 Å². The largest absolute Gasteiger partial charge is 0.406 e. The minimum Gasteiger partial charge on any atom is -0.306 e. The van der Waals surface area contributed by atoms with Gasteiger partial charge in [0, 0.05) is 7.05 Å². The highest BCUT2D eigenvalue weighted by Crippen LogP contribution is 2.19. The summed E-state index contributed by atoms with van der Waals surface area (Å²) in [6.45, 7) is -1.86. The van der Waals surface area contributed by atoms with Crippen LogP contribution in [-0.2, 0) is 4.79 Å². The maximum absolute atomic E-state index is 11.8. The van der Waals surface area contributed by atoms with Crippen LogP contribution in [0.25, 0.3) is 0 Å².